The molecule has 0 atom stereocenters. The molecule has 0 unspecified atom stereocenters. The molecule has 2 amide bonds. The smallest absolute Gasteiger partial charge is 0.321 e. The van der Waals surface area contributed by atoms with Crippen LogP contribution in [-0.2, 0) is 19.4 Å². The number of rotatable bonds is 4. The van der Waals surface area contributed by atoms with Gasteiger partial charge in [-0.1, -0.05) is 0 Å². The number of urea groups is 1. The summed E-state index contributed by atoms with van der Waals surface area (Å²) >= 11 is 1.64. The average Bonchev–Trinajstić information content (AvgIpc) is 2.97. The number of nitrogens with zero attached hydrogens (tertiary/aromatic N) is 4. The number of pyridine rings is 1. The van der Waals surface area contributed by atoms with Crippen LogP contribution in [-0.4, -0.2) is 32.9 Å². The Hall–Kier alpha value is -2.55. The molecule has 1 aliphatic rings. The molecule has 8 nitrogen and oxygen atoms in total. The summed E-state index contributed by atoms with van der Waals surface area (Å²) in [6.07, 6.45) is 6.94. The molecule has 0 aliphatic heterocycles. The minimum atomic E-state index is -0.572. The fourth-order valence-electron chi connectivity index (χ4n) is 2.60. The second-order valence-electron chi connectivity index (χ2n) is 5.62. The Bertz CT molecular complexity index is 753. The molecule has 0 fully saturated rings. The van der Waals surface area contributed by atoms with Crippen LogP contribution in [0.3, 0.4) is 0 Å². The predicted octanol–water partition coefficient (Wildman–Crippen LogP) is 2.99. The molecule has 0 spiro atoms. The van der Waals surface area contributed by atoms with Crippen molar-refractivity contribution < 1.29 is 9.72 Å². The Morgan fingerprint density at radius 3 is 3.00 bits per heavy atom. The largest absolute Gasteiger partial charge is 0.322 e. The first-order valence-electron chi connectivity index (χ1n) is 7.62. The standard InChI is InChI=1S/C15H17N5O3S/c1-19(9-14-17-11-4-2-3-5-13(11)24-14)15(21)18-10-6-7-16-8-12(10)20(22)23/h6-8H,2-5,9H2,1H3,(H,16,18,21). The molecule has 1 N–H and O–H groups in total. The number of carbonyl (C=O) groups is 1. The first-order valence-corrected chi connectivity index (χ1v) is 8.44. The zero-order valence-corrected chi connectivity index (χ0v) is 14.0. The highest BCUT2D eigenvalue weighted by atomic mass is 32.1. The van der Waals surface area contributed by atoms with Gasteiger partial charge in [0.1, 0.15) is 16.9 Å². The number of aromatic nitrogens is 2. The number of carbonyl (C=O) groups excluding carboxylic acids is 1. The maximum atomic E-state index is 12.3. The van der Waals surface area contributed by atoms with E-state index in [1.54, 1.807) is 18.4 Å². The number of fused-ring (bicyclic) bond motifs is 1. The van der Waals surface area contributed by atoms with E-state index < -0.39 is 11.0 Å². The van der Waals surface area contributed by atoms with Gasteiger partial charge < -0.3 is 10.2 Å². The van der Waals surface area contributed by atoms with Crippen molar-refractivity contribution in [2.45, 2.75) is 32.2 Å². The second-order valence-corrected chi connectivity index (χ2v) is 6.79. The van der Waals surface area contributed by atoms with Crippen molar-refractivity contribution in [1.82, 2.24) is 14.9 Å². The molecule has 2 aromatic heterocycles. The summed E-state index contributed by atoms with van der Waals surface area (Å²) in [6.45, 7) is 0.377. The topological polar surface area (TPSA) is 101 Å². The third-order valence-corrected chi connectivity index (χ3v) is 4.99. The minimum Gasteiger partial charge on any atom is -0.321 e. The van der Waals surface area contributed by atoms with Gasteiger partial charge in [-0.3, -0.25) is 15.1 Å². The normalized spacial score (nSPS) is 13.2. The molecule has 0 bridgehead atoms. The van der Waals surface area contributed by atoms with Gasteiger partial charge in [0.2, 0.25) is 0 Å². The first kappa shape index (κ1) is 16.3. The average molecular weight is 347 g/mol. The highest BCUT2D eigenvalue weighted by Gasteiger charge is 2.20. The zero-order chi connectivity index (χ0) is 17.1. The molecule has 0 aromatic carbocycles. The van der Waals surface area contributed by atoms with Crippen LogP contribution in [0.25, 0.3) is 0 Å². The highest BCUT2D eigenvalue weighted by molar-refractivity contribution is 7.11. The lowest BCUT2D eigenvalue weighted by Gasteiger charge is -2.16. The number of thiazole rings is 1. The van der Waals surface area contributed by atoms with Gasteiger partial charge >= 0.3 is 11.7 Å². The number of hydrogen-bond donors (Lipinski definition) is 1. The molecule has 0 saturated carbocycles. The maximum Gasteiger partial charge on any atom is 0.322 e. The summed E-state index contributed by atoms with van der Waals surface area (Å²) in [5.74, 6) is 0. The van der Waals surface area contributed by atoms with Crippen LogP contribution >= 0.6 is 11.3 Å². The number of nitrogens with one attached hydrogen (secondary N) is 1. The SMILES string of the molecule is CN(Cc1nc2c(s1)CCCC2)C(=O)Nc1ccncc1[N+](=O)[O-]. The molecule has 24 heavy (non-hydrogen) atoms. The van der Waals surface area contributed by atoms with Gasteiger partial charge in [-0.25, -0.2) is 9.78 Å². The van der Waals surface area contributed by atoms with Crippen molar-refractivity contribution in [3.63, 3.8) is 0 Å². The molecule has 3 rings (SSSR count). The lowest BCUT2D eigenvalue weighted by Crippen LogP contribution is -2.31. The molecule has 0 radical (unpaired) electrons. The summed E-state index contributed by atoms with van der Waals surface area (Å²) in [5, 5.41) is 14.4. The molecule has 126 valence electrons. The van der Waals surface area contributed by atoms with Crippen LogP contribution in [0.4, 0.5) is 16.2 Å². The van der Waals surface area contributed by atoms with E-state index in [-0.39, 0.29) is 11.4 Å². The Morgan fingerprint density at radius 2 is 2.25 bits per heavy atom. The predicted molar refractivity (Wildman–Crippen MR) is 90.1 cm³/mol. The van der Waals surface area contributed by atoms with Crippen molar-refractivity contribution in [3.05, 3.63) is 44.2 Å². The van der Waals surface area contributed by atoms with E-state index in [0.717, 1.165) is 36.2 Å². The van der Waals surface area contributed by atoms with E-state index >= 15 is 0 Å². The quantitative estimate of drug-likeness (QED) is 0.677. The van der Waals surface area contributed by atoms with Crippen molar-refractivity contribution in [2.24, 2.45) is 0 Å². The summed E-state index contributed by atoms with van der Waals surface area (Å²) in [6, 6.07) is 0.990. The molecule has 2 heterocycles. The van der Waals surface area contributed by atoms with Crippen LogP contribution < -0.4 is 5.32 Å². The van der Waals surface area contributed by atoms with Gasteiger partial charge in [0.15, 0.2) is 0 Å². The van der Waals surface area contributed by atoms with Crippen molar-refractivity contribution in [1.29, 1.82) is 0 Å². The monoisotopic (exact) mass is 347 g/mol. The number of nitro groups is 1. The number of anilines is 1. The van der Waals surface area contributed by atoms with Gasteiger partial charge in [0, 0.05) is 18.1 Å². The molecule has 9 heteroatoms. The van der Waals surface area contributed by atoms with E-state index in [9.17, 15) is 14.9 Å². The minimum absolute atomic E-state index is 0.130. The van der Waals surface area contributed by atoms with Crippen LogP contribution in [0.15, 0.2) is 18.5 Å². The number of hydrogen-bond acceptors (Lipinski definition) is 6. The summed E-state index contributed by atoms with van der Waals surface area (Å²) in [7, 11) is 1.64. The Balaban J connectivity index is 1.67. The lowest BCUT2D eigenvalue weighted by molar-refractivity contribution is -0.384. The molecule has 1 aliphatic carbocycles. The molecule has 2 aromatic rings. The summed E-state index contributed by atoms with van der Waals surface area (Å²) < 4.78 is 0. The van der Waals surface area contributed by atoms with Crippen molar-refractivity contribution in [2.75, 3.05) is 12.4 Å². The van der Waals surface area contributed by atoms with Crippen molar-refractivity contribution >= 4 is 28.7 Å². The zero-order valence-electron chi connectivity index (χ0n) is 13.2. The Labute approximate surface area is 142 Å². The van der Waals surface area contributed by atoms with Gasteiger partial charge in [0.05, 0.1) is 17.2 Å². The lowest BCUT2D eigenvalue weighted by atomic mass is 10.0. The van der Waals surface area contributed by atoms with E-state index in [0.29, 0.717) is 6.54 Å². The fourth-order valence-corrected chi connectivity index (χ4v) is 3.81. The van der Waals surface area contributed by atoms with Gasteiger partial charge in [-0.05, 0) is 31.7 Å². The molecular weight excluding hydrogens is 330 g/mol. The van der Waals surface area contributed by atoms with E-state index in [1.807, 2.05) is 0 Å². The third kappa shape index (κ3) is 3.51. The Morgan fingerprint density at radius 1 is 1.46 bits per heavy atom. The van der Waals surface area contributed by atoms with Gasteiger partial charge in [-0.2, -0.15) is 0 Å². The fraction of sp³-hybridized carbons (Fsp3) is 0.400. The van der Waals surface area contributed by atoms with Gasteiger partial charge in [-0.15, -0.1) is 11.3 Å². The van der Waals surface area contributed by atoms with Crippen LogP contribution in [0.2, 0.25) is 0 Å². The summed E-state index contributed by atoms with van der Waals surface area (Å²) in [5.41, 5.74) is 1.05. The van der Waals surface area contributed by atoms with Gasteiger partial charge in [0.25, 0.3) is 0 Å². The number of aryl methyl sites for hydroxylation is 2. The first-order chi connectivity index (χ1) is 11.5. The molecule has 0 saturated heterocycles. The molecular formula is C15H17N5O3S. The van der Waals surface area contributed by atoms with E-state index in [2.05, 4.69) is 15.3 Å². The van der Waals surface area contributed by atoms with E-state index in [4.69, 9.17) is 0 Å². The van der Waals surface area contributed by atoms with Crippen LogP contribution in [0.5, 0.6) is 0 Å². The van der Waals surface area contributed by atoms with Crippen LogP contribution in [0, 0.1) is 10.1 Å². The maximum absolute atomic E-state index is 12.3. The van der Waals surface area contributed by atoms with E-state index in [1.165, 1.54) is 28.5 Å². The van der Waals surface area contributed by atoms with Crippen LogP contribution in [0.1, 0.15) is 28.4 Å². The van der Waals surface area contributed by atoms with Crippen molar-refractivity contribution in [3.8, 4) is 0 Å². The number of amides is 2. The highest BCUT2D eigenvalue weighted by Crippen LogP contribution is 2.27. The Kier molecular flexibility index (Phi) is 4.70. The third-order valence-electron chi connectivity index (χ3n) is 3.85. The second kappa shape index (κ2) is 6.91. The summed E-state index contributed by atoms with van der Waals surface area (Å²) in [4.78, 5) is 33.8.